The number of aldehydes is 1. The Kier molecular flexibility index (Phi) is 7.78. The van der Waals surface area contributed by atoms with E-state index >= 15 is 0 Å². The lowest BCUT2D eigenvalue weighted by atomic mass is 9.97. The van der Waals surface area contributed by atoms with Gasteiger partial charge in [0.1, 0.15) is 17.2 Å². The van der Waals surface area contributed by atoms with Crippen molar-refractivity contribution in [3.8, 4) is 11.1 Å². The van der Waals surface area contributed by atoms with Crippen LogP contribution >= 0.6 is 0 Å². The molecule has 9 heteroatoms. The molecule has 2 saturated heterocycles. The van der Waals surface area contributed by atoms with Crippen molar-refractivity contribution < 1.29 is 23.5 Å². The van der Waals surface area contributed by atoms with Crippen LogP contribution in [0, 0.1) is 12.7 Å². The molecule has 8 nitrogen and oxygen atoms in total. The zero-order valence-electron chi connectivity index (χ0n) is 21.5. The second-order valence-electron chi connectivity index (χ2n) is 10.4. The summed E-state index contributed by atoms with van der Waals surface area (Å²) in [6, 6.07) is 4.83. The number of amides is 1. The summed E-state index contributed by atoms with van der Waals surface area (Å²) in [5, 5.41) is 2.96. The van der Waals surface area contributed by atoms with Gasteiger partial charge in [0.05, 0.1) is 24.5 Å². The molecule has 0 radical (unpaired) electrons. The van der Waals surface area contributed by atoms with Crippen molar-refractivity contribution in [3.63, 3.8) is 0 Å². The molecule has 0 spiro atoms. The summed E-state index contributed by atoms with van der Waals surface area (Å²) in [5.41, 5.74) is 2.88. The summed E-state index contributed by atoms with van der Waals surface area (Å²) in [7, 11) is 0. The first-order valence-electron chi connectivity index (χ1n) is 12.5. The van der Waals surface area contributed by atoms with Gasteiger partial charge in [-0.1, -0.05) is 6.07 Å². The zero-order chi connectivity index (χ0) is 25.9. The summed E-state index contributed by atoms with van der Waals surface area (Å²) in [4.78, 5) is 33.7. The predicted octanol–water partition coefficient (Wildman–Crippen LogP) is 4.34. The van der Waals surface area contributed by atoms with Gasteiger partial charge >= 0.3 is 6.09 Å². The second kappa shape index (κ2) is 10.8. The van der Waals surface area contributed by atoms with Gasteiger partial charge in [-0.3, -0.25) is 4.79 Å². The van der Waals surface area contributed by atoms with Crippen LogP contribution in [0.25, 0.3) is 11.1 Å². The first-order valence-corrected chi connectivity index (χ1v) is 12.5. The number of piperidine rings is 1. The van der Waals surface area contributed by atoms with Gasteiger partial charge in [-0.2, -0.15) is 0 Å². The lowest BCUT2D eigenvalue weighted by molar-refractivity contribution is 0.0497. The molecule has 1 amide bonds. The third-order valence-corrected chi connectivity index (χ3v) is 6.38. The van der Waals surface area contributed by atoms with Crippen LogP contribution in [0.2, 0.25) is 0 Å². The van der Waals surface area contributed by atoms with Crippen molar-refractivity contribution in [2.24, 2.45) is 0 Å². The van der Waals surface area contributed by atoms with Crippen molar-refractivity contribution >= 4 is 23.9 Å². The molecule has 0 saturated carbocycles. The number of hydrogen-bond acceptors (Lipinski definition) is 7. The van der Waals surface area contributed by atoms with Crippen LogP contribution in [0.5, 0.6) is 0 Å². The molecule has 0 bridgehead atoms. The minimum atomic E-state index is -0.561. The minimum Gasteiger partial charge on any atom is -0.444 e. The number of anilines is 2. The Morgan fingerprint density at radius 2 is 1.83 bits per heavy atom. The summed E-state index contributed by atoms with van der Waals surface area (Å²) in [5.74, 6) is 0.287. The molecular formula is C27H35FN4O4. The maximum absolute atomic E-state index is 14.4. The molecule has 2 aliphatic rings. The number of alkyl carbamates (subject to hydrolysis) is 1. The van der Waals surface area contributed by atoms with Crippen molar-refractivity contribution in [2.75, 3.05) is 49.2 Å². The van der Waals surface area contributed by atoms with Gasteiger partial charge in [-0.25, -0.2) is 14.2 Å². The lowest BCUT2D eigenvalue weighted by Gasteiger charge is -2.37. The van der Waals surface area contributed by atoms with E-state index in [0.29, 0.717) is 69.2 Å². The average molecular weight is 499 g/mol. The van der Waals surface area contributed by atoms with Crippen LogP contribution in [0.1, 0.15) is 49.5 Å². The van der Waals surface area contributed by atoms with Crippen LogP contribution < -0.4 is 15.1 Å². The predicted molar refractivity (Wildman–Crippen MR) is 137 cm³/mol. The second-order valence-corrected chi connectivity index (χ2v) is 10.4. The van der Waals surface area contributed by atoms with Gasteiger partial charge in [0, 0.05) is 44.0 Å². The Hall–Kier alpha value is -3.20. The minimum absolute atomic E-state index is 0.0313. The van der Waals surface area contributed by atoms with E-state index in [-0.39, 0.29) is 11.9 Å². The third kappa shape index (κ3) is 6.13. The first-order chi connectivity index (χ1) is 17.1. The number of halogens is 1. The molecule has 0 unspecified atom stereocenters. The molecule has 36 heavy (non-hydrogen) atoms. The Bertz CT molecular complexity index is 1080. The third-order valence-electron chi connectivity index (χ3n) is 6.38. The molecule has 194 valence electrons. The maximum Gasteiger partial charge on any atom is 0.407 e. The highest BCUT2D eigenvalue weighted by Gasteiger charge is 2.29. The Balaban J connectivity index is 1.66. The fraction of sp³-hybridized carbons (Fsp3) is 0.519. The summed E-state index contributed by atoms with van der Waals surface area (Å²) in [6.07, 6.45) is 3.55. The highest BCUT2D eigenvalue weighted by molar-refractivity contribution is 5.98. The number of ether oxygens (including phenoxy) is 2. The smallest absolute Gasteiger partial charge is 0.407 e. The fourth-order valence-electron chi connectivity index (χ4n) is 4.81. The van der Waals surface area contributed by atoms with Gasteiger partial charge in [-0.15, -0.1) is 0 Å². The van der Waals surface area contributed by atoms with E-state index in [2.05, 4.69) is 20.1 Å². The number of hydrogen-bond donors (Lipinski definition) is 1. The topological polar surface area (TPSA) is 84.0 Å². The van der Waals surface area contributed by atoms with Gasteiger partial charge in [0.2, 0.25) is 0 Å². The van der Waals surface area contributed by atoms with E-state index < -0.39 is 11.7 Å². The molecule has 0 atom stereocenters. The van der Waals surface area contributed by atoms with Crippen molar-refractivity contribution in [2.45, 2.75) is 52.2 Å². The Labute approximate surface area is 211 Å². The van der Waals surface area contributed by atoms with Crippen LogP contribution in [0.3, 0.4) is 0 Å². The number of benzene rings is 1. The number of morpholine rings is 1. The van der Waals surface area contributed by atoms with E-state index in [1.54, 1.807) is 6.20 Å². The Morgan fingerprint density at radius 1 is 1.14 bits per heavy atom. The van der Waals surface area contributed by atoms with Gasteiger partial charge < -0.3 is 24.6 Å². The largest absolute Gasteiger partial charge is 0.444 e. The lowest BCUT2D eigenvalue weighted by Crippen LogP contribution is -2.46. The van der Waals surface area contributed by atoms with E-state index in [1.165, 1.54) is 12.1 Å². The molecule has 0 aliphatic carbocycles. The molecule has 1 aromatic heterocycles. The van der Waals surface area contributed by atoms with Crippen LogP contribution in [-0.4, -0.2) is 68.4 Å². The van der Waals surface area contributed by atoms with Crippen molar-refractivity contribution in [1.82, 2.24) is 10.3 Å². The van der Waals surface area contributed by atoms with Crippen LogP contribution in [-0.2, 0) is 9.47 Å². The quantitative estimate of drug-likeness (QED) is 0.614. The number of rotatable bonds is 5. The zero-order valence-corrected chi connectivity index (χ0v) is 21.5. The number of carbonyl (C=O) groups is 2. The standard InChI is InChI=1S/C27H35FN4O4/c1-18-13-19(15-20(28)14-18)22-16-29-25(32-9-11-35-12-10-32)23(17-33)24(22)31-7-5-21(6-8-31)30-26(34)36-27(2,3)4/h13-17,21H,5-12H2,1-4H3,(H,30,34). The monoisotopic (exact) mass is 498 g/mol. The van der Waals surface area contributed by atoms with E-state index in [0.717, 1.165) is 23.1 Å². The normalized spacial score (nSPS) is 17.1. The molecule has 3 heterocycles. The maximum atomic E-state index is 14.4. The SMILES string of the molecule is Cc1cc(F)cc(-c2cnc(N3CCOCC3)c(C=O)c2N2CCC(NC(=O)OC(C)(C)C)CC2)c1. The van der Waals surface area contributed by atoms with Gasteiger partial charge in [0.25, 0.3) is 0 Å². The molecule has 2 aliphatic heterocycles. The van der Waals surface area contributed by atoms with E-state index in [4.69, 9.17) is 9.47 Å². The molecule has 2 aromatic rings. The molecule has 1 N–H and O–H groups in total. The van der Waals surface area contributed by atoms with Crippen LogP contribution in [0.15, 0.2) is 24.4 Å². The van der Waals surface area contributed by atoms with Crippen LogP contribution in [0.4, 0.5) is 20.7 Å². The fourth-order valence-corrected chi connectivity index (χ4v) is 4.81. The highest BCUT2D eigenvalue weighted by Crippen LogP contribution is 2.39. The van der Waals surface area contributed by atoms with Crippen molar-refractivity contribution in [1.29, 1.82) is 0 Å². The molecule has 4 rings (SSSR count). The highest BCUT2D eigenvalue weighted by atomic mass is 19.1. The molecule has 1 aromatic carbocycles. The number of nitrogens with zero attached hydrogens (tertiary/aromatic N) is 3. The number of carbonyl (C=O) groups excluding carboxylic acids is 2. The van der Waals surface area contributed by atoms with Gasteiger partial charge in [-0.05, 0) is 63.8 Å². The summed E-state index contributed by atoms with van der Waals surface area (Å²) < 4.78 is 25.2. The molecular weight excluding hydrogens is 463 g/mol. The number of aromatic nitrogens is 1. The summed E-state index contributed by atoms with van der Waals surface area (Å²) in [6.45, 7) is 11.0. The first kappa shape index (κ1) is 25.9. The number of nitrogens with one attached hydrogen (secondary N) is 1. The van der Waals surface area contributed by atoms with E-state index in [9.17, 15) is 14.0 Å². The number of aryl methyl sites for hydroxylation is 1. The number of pyridine rings is 1. The summed E-state index contributed by atoms with van der Waals surface area (Å²) >= 11 is 0. The average Bonchev–Trinajstić information content (AvgIpc) is 2.82. The Morgan fingerprint density at radius 3 is 2.44 bits per heavy atom. The molecule has 2 fully saturated rings. The van der Waals surface area contributed by atoms with Crippen molar-refractivity contribution in [3.05, 3.63) is 41.3 Å². The van der Waals surface area contributed by atoms with E-state index in [1.807, 2.05) is 33.8 Å². The van der Waals surface area contributed by atoms with Gasteiger partial charge in [0.15, 0.2) is 6.29 Å².